The SMILES string of the molecule is CCC(C)c1c([Si])ccc(NC)c1C(C)CC. The maximum absolute atomic E-state index is 3.78. The normalized spacial score (nSPS) is 14.5. The molecule has 0 aromatic heterocycles. The third-order valence-electron chi connectivity index (χ3n) is 3.77. The predicted octanol–water partition coefficient (Wildman–Crippen LogP) is 3.55. The fraction of sp³-hybridized carbons (Fsp3) is 0.600. The molecule has 1 N–H and O–H groups in total. The Labute approximate surface area is 109 Å². The number of nitrogens with one attached hydrogen (secondary N) is 1. The van der Waals surface area contributed by atoms with Gasteiger partial charge in [-0.05, 0) is 41.9 Å². The van der Waals surface area contributed by atoms with E-state index in [4.69, 9.17) is 0 Å². The third kappa shape index (κ3) is 2.92. The Morgan fingerprint density at radius 3 is 2.06 bits per heavy atom. The first-order valence-corrected chi connectivity index (χ1v) is 7.12. The van der Waals surface area contributed by atoms with E-state index >= 15 is 0 Å². The van der Waals surface area contributed by atoms with Crippen molar-refractivity contribution in [1.82, 2.24) is 0 Å². The Bertz CT molecular complexity index is 373. The van der Waals surface area contributed by atoms with Crippen molar-refractivity contribution in [1.29, 1.82) is 0 Å². The zero-order valence-electron chi connectivity index (χ0n) is 11.7. The van der Waals surface area contributed by atoms with Crippen molar-refractivity contribution in [3.63, 3.8) is 0 Å². The molecule has 0 fully saturated rings. The summed E-state index contributed by atoms with van der Waals surface area (Å²) in [5, 5.41) is 4.58. The molecular weight excluding hydrogens is 222 g/mol. The lowest BCUT2D eigenvalue weighted by molar-refractivity contribution is 0.681. The van der Waals surface area contributed by atoms with E-state index in [1.807, 2.05) is 7.05 Å². The van der Waals surface area contributed by atoms with Gasteiger partial charge >= 0.3 is 0 Å². The molecule has 17 heavy (non-hydrogen) atoms. The number of hydrogen-bond acceptors (Lipinski definition) is 1. The Morgan fingerprint density at radius 2 is 1.59 bits per heavy atom. The number of rotatable bonds is 5. The first-order valence-electron chi connectivity index (χ1n) is 6.62. The van der Waals surface area contributed by atoms with Crippen LogP contribution in [0.15, 0.2) is 12.1 Å². The van der Waals surface area contributed by atoms with Crippen LogP contribution in [-0.2, 0) is 0 Å². The second-order valence-corrected chi connectivity index (χ2v) is 5.40. The molecule has 93 valence electrons. The zero-order valence-corrected chi connectivity index (χ0v) is 12.7. The van der Waals surface area contributed by atoms with E-state index in [1.165, 1.54) is 34.8 Å². The number of hydrogen-bond donors (Lipinski definition) is 1. The van der Waals surface area contributed by atoms with Gasteiger partial charge in [0, 0.05) is 12.7 Å². The van der Waals surface area contributed by atoms with Crippen LogP contribution in [0.1, 0.15) is 63.5 Å². The molecule has 0 amide bonds. The van der Waals surface area contributed by atoms with E-state index in [0.29, 0.717) is 11.8 Å². The summed E-state index contributed by atoms with van der Waals surface area (Å²) in [4.78, 5) is 0. The van der Waals surface area contributed by atoms with Crippen molar-refractivity contribution in [3.05, 3.63) is 23.3 Å². The van der Waals surface area contributed by atoms with Gasteiger partial charge in [0.2, 0.25) is 0 Å². The molecule has 1 rings (SSSR count). The van der Waals surface area contributed by atoms with Crippen molar-refractivity contribution in [3.8, 4) is 0 Å². The summed E-state index contributed by atoms with van der Waals surface area (Å²) in [6.07, 6.45) is 2.35. The summed E-state index contributed by atoms with van der Waals surface area (Å²) in [6.45, 7) is 9.13. The number of anilines is 1. The minimum Gasteiger partial charge on any atom is -0.388 e. The second-order valence-electron chi connectivity index (χ2n) is 4.86. The van der Waals surface area contributed by atoms with Crippen molar-refractivity contribution in [2.75, 3.05) is 12.4 Å². The molecule has 1 aromatic rings. The molecule has 2 unspecified atom stereocenters. The summed E-state index contributed by atoms with van der Waals surface area (Å²) < 4.78 is 0. The molecule has 0 saturated heterocycles. The lowest BCUT2D eigenvalue weighted by atomic mass is 9.85. The summed E-state index contributed by atoms with van der Waals surface area (Å²) in [7, 11) is 5.79. The average molecular weight is 246 g/mol. The van der Waals surface area contributed by atoms with Crippen LogP contribution >= 0.6 is 0 Å². The van der Waals surface area contributed by atoms with Gasteiger partial charge in [0.25, 0.3) is 0 Å². The lowest BCUT2D eigenvalue weighted by Crippen LogP contribution is -2.18. The molecular formula is C15H24NSi. The molecule has 0 aliphatic heterocycles. The third-order valence-corrected chi connectivity index (χ3v) is 4.20. The van der Waals surface area contributed by atoms with E-state index in [2.05, 4.69) is 55.4 Å². The van der Waals surface area contributed by atoms with Crippen molar-refractivity contribution in [2.24, 2.45) is 0 Å². The highest BCUT2D eigenvalue weighted by Gasteiger charge is 2.18. The van der Waals surface area contributed by atoms with E-state index in [9.17, 15) is 0 Å². The second kappa shape index (κ2) is 6.25. The predicted molar refractivity (Wildman–Crippen MR) is 78.8 cm³/mol. The quantitative estimate of drug-likeness (QED) is 0.784. The van der Waals surface area contributed by atoms with Crippen LogP contribution in [-0.4, -0.2) is 17.3 Å². The minimum atomic E-state index is 0.595. The van der Waals surface area contributed by atoms with Crippen LogP contribution in [0.2, 0.25) is 0 Å². The minimum absolute atomic E-state index is 0.595. The van der Waals surface area contributed by atoms with Gasteiger partial charge in [0.05, 0.1) is 10.2 Å². The first kappa shape index (κ1) is 14.3. The molecule has 0 heterocycles. The average Bonchev–Trinajstić information content (AvgIpc) is 2.36. The molecule has 0 saturated carbocycles. The highest BCUT2D eigenvalue weighted by Crippen LogP contribution is 2.33. The fourth-order valence-corrected chi connectivity index (χ4v) is 2.79. The maximum Gasteiger partial charge on any atom is 0.0716 e. The molecule has 0 spiro atoms. The molecule has 0 aliphatic rings. The maximum atomic E-state index is 3.78. The van der Waals surface area contributed by atoms with Crippen LogP contribution in [0.5, 0.6) is 0 Å². The van der Waals surface area contributed by atoms with Crippen LogP contribution in [0, 0.1) is 0 Å². The largest absolute Gasteiger partial charge is 0.388 e. The zero-order chi connectivity index (χ0) is 13.0. The smallest absolute Gasteiger partial charge is 0.0716 e. The van der Waals surface area contributed by atoms with Gasteiger partial charge in [-0.15, -0.1) is 0 Å². The van der Waals surface area contributed by atoms with Gasteiger partial charge in [0.15, 0.2) is 0 Å². The van der Waals surface area contributed by atoms with E-state index < -0.39 is 0 Å². The Hall–Kier alpha value is -0.763. The summed E-state index contributed by atoms with van der Waals surface area (Å²) >= 11 is 0. The summed E-state index contributed by atoms with van der Waals surface area (Å²) in [5.41, 5.74) is 4.24. The monoisotopic (exact) mass is 246 g/mol. The molecule has 3 radical (unpaired) electrons. The van der Waals surface area contributed by atoms with E-state index in [0.717, 1.165) is 0 Å². The lowest BCUT2D eigenvalue weighted by Gasteiger charge is -2.25. The van der Waals surface area contributed by atoms with Gasteiger partial charge < -0.3 is 5.32 Å². The molecule has 1 nitrogen and oxygen atoms in total. The van der Waals surface area contributed by atoms with Crippen molar-refractivity contribution >= 4 is 21.1 Å². The van der Waals surface area contributed by atoms with Gasteiger partial charge in [-0.25, -0.2) is 0 Å². The topological polar surface area (TPSA) is 12.0 Å². The number of benzene rings is 1. The summed E-state index contributed by atoms with van der Waals surface area (Å²) in [6, 6.07) is 4.34. The Balaban J connectivity index is 3.41. The van der Waals surface area contributed by atoms with Crippen LogP contribution < -0.4 is 10.5 Å². The highest BCUT2D eigenvalue weighted by molar-refractivity contribution is 6.33. The van der Waals surface area contributed by atoms with Crippen molar-refractivity contribution < 1.29 is 0 Å². The molecule has 0 bridgehead atoms. The first-order chi connectivity index (χ1) is 8.06. The molecule has 1 aromatic carbocycles. The van der Waals surface area contributed by atoms with Gasteiger partial charge in [0.1, 0.15) is 0 Å². The standard InChI is InChI=1S/C15H24NSi/c1-6-10(3)14-12(16-5)8-9-13(17)15(14)11(4)7-2/h8-11,16H,6-7H2,1-5H3. The van der Waals surface area contributed by atoms with Crippen LogP contribution in [0.25, 0.3) is 0 Å². The molecule has 0 aliphatic carbocycles. The molecule has 2 atom stereocenters. The van der Waals surface area contributed by atoms with Gasteiger partial charge in [-0.1, -0.05) is 38.9 Å². The fourth-order valence-electron chi connectivity index (χ4n) is 2.32. The Morgan fingerprint density at radius 1 is 1.06 bits per heavy atom. The van der Waals surface area contributed by atoms with E-state index in [1.54, 1.807) is 0 Å². The van der Waals surface area contributed by atoms with Crippen LogP contribution in [0.4, 0.5) is 5.69 Å². The van der Waals surface area contributed by atoms with Crippen molar-refractivity contribution in [2.45, 2.75) is 52.4 Å². The van der Waals surface area contributed by atoms with Gasteiger partial charge in [-0.2, -0.15) is 0 Å². The Kier molecular flexibility index (Phi) is 5.25. The molecule has 2 heteroatoms. The highest BCUT2D eigenvalue weighted by atomic mass is 28.1. The summed E-state index contributed by atoms with van der Waals surface area (Å²) in [5.74, 6) is 1.19. The van der Waals surface area contributed by atoms with Crippen LogP contribution in [0.3, 0.4) is 0 Å². The van der Waals surface area contributed by atoms with Gasteiger partial charge in [-0.3, -0.25) is 0 Å². The van der Waals surface area contributed by atoms with E-state index in [-0.39, 0.29) is 0 Å².